The maximum Gasteiger partial charge on any atom is 0.407 e. The van der Waals surface area contributed by atoms with Crippen molar-refractivity contribution in [2.45, 2.75) is 58.6 Å². The SMILES string of the molecule is CC(=O)N[C@H](CCCCNC(=O)OCCCl)C(=O)OC(C)(C)C. The average Bonchev–Trinajstić information content (AvgIpc) is 2.41. The van der Waals surface area contributed by atoms with E-state index in [1.807, 2.05) is 0 Å². The summed E-state index contributed by atoms with van der Waals surface area (Å²) in [5.74, 6) is -0.493. The van der Waals surface area contributed by atoms with Gasteiger partial charge in [-0.15, -0.1) is 11.6 Å². The van der Waals surface area contributed by atoms with E-state index in [1.165, 1.54) is 6.92 Å². The molecule has 0 heterocycles. The van der Waals surface area contributed by atoms with Gasteiger partial charge in [-0.1, -0.05) is 0 Å². The molecule has 0 aromatic heterocycles. The minimum atomic E-state index is -0.685. The summed E-state index contributed by atoms with van der Waals surface area (Å²) >= 11 is 5.40. The number of nitrogens with one attached hydrogen (secondary N) is 2. The first-order valence-electron chi connectivity index (χ1n) is 7.62. The number of alkyl halides is 1. The van der Waals surface area contributed by atoms with Crippen molar-refractivity contribution in [3.05, 3.63) is 0 Å². The fourth-order valence-electron chi connectivity index (χ4n) is 1.71. The maximum absolute atomic E-state index is 12.0. The summed E-state index contributed by atoms with van der Waals surface area (Å²) in [5.41, 5.74) is -0.610. The maximum atomic E-state index is 12.0. The second-order valence-electron chi connectivity index (χ2n) is 6.03. The molecule has 0 spiro atoms. The smallest absolute Gasteiger partial charge is 0.407 e. The van der Waals surface area contributed by atoms with Gasteiger partial charge in [0, 0.05) is 13.5 Å². The zero-order valence-corrected chi connectivity index (χ0v) is 15.0. The molecule has 0 aromatic carbocycles. The third-order valence-electron chi connectivity index (χ3n) is 2.57. The van der Waals surface area contributed by atoms with Gasteiger partial charge in [-0.2, -0.15) is 0 Å². The van der Waals surface area contributed by atoms with Gasteiger partial charge in [0.25, 0.3) is 0 Å². The molecule has 23 heavy (non-hydrogen) atoms. The highest BCUT2D eigenvalue weighted by molar-refractivity contribution is 6.18. The number of carbonyl (C=O) groups excluding carboxylic acids is 3. The molecule has 0 saturated heterocycles. The lowest BCUT2D eigenvalue weighted by Gasteiger charge is -2.24. The van der Waals surface area contributed by atoms with Gasteiger partial charge in [0.1, 0.15) is 18.2 Å². The number of hydrogen-bond donors (Lipinski definition) is 2. The number of unbranched alkanes of at least 4 members (excludes halogenated alkanes) is 1. The quantitative estimate of drug-likeness (QED) is 0.376. The molecule has 7 nitrogen and oxygen atoms in total. The Morgan fingerprint density at radius 1 is 1.17 bits per heavy atom. The highest BCUT2D eigenvalue weighted by Crippen LogP contribution is 2.11. The van der Waals surface area contributed by atoms with Crippen molar-refractivity contribution in [3.63, 3.8) is 0 Å². The normalized spacial score (nSPS) is 12.2. The predicted molar refractivity (Wildman–Crippen MR) is 87.4 cm³/mol. The van der Waals surface area contributed by atoms with Crippen molar-refractivity contribution in [1.82, 2.24) is 10.6 Å². The topological polar surface area (TPSA) is 93.7 Å². The largest absolute Gasteiger partial charge is 0.458 e. The first-order chi connectivity index (χ1) is 10.7. The molecular weight excluding hydrogens is 324 g/mol. The van der Waals surface area contributed by atoms with Gasteiger partial charge in [-0.25, -0.2) is 9.59 Å². The van der Waals surface area contributed by atoms with E-state index in [-0.39, 0.29) is 18.4 Å². The van der Waals surface area contributed by atoms with Gasteiger partial charge in [-0.3, -0.25) is 4.79 Å². The lowest BCUT2D eigenvalue weighted by molar-refractivity contribution is -0.158. The summed E-state index contributed by atoms with van der Waals surface area (Å²) in [6, 6.07) is -0.685. The Morgan fingerprint density at radius 3 is 2.35 bits per heavy atom. The van der Waals surface area contributed by atoms with Gasteiger partial charge in [0.2, 0.25) is 5.91 Å². The fraction of sp³-hybridized carbons (Fsp3) is 0.800. The molecule has 0 aliphatic heterocycles. The molecule has 0 bridgehead atoms. The van der Waals surface area contributed by atoms with E-state index in [2.05, 4.69) is 10.6 Å². The summed E-state index contributed by atoms with van der Waals surface area (Å²) in [6.07, 6.45) is 1.21. The molecule has 134 valence electrons. The van der Waals surface area contributed by atoms with Crippen molar-refractivity contribution in [2.24, 2.45) is 0 Å². The van der Waals surface area contributed by atoms with E-state index < -0.39 is 23.7 Å². The number of amides is 2. The molecule has 0 saturated carbocycles. The van der Waals surface area contributed by atoms with Crippen LogP contribution in [-0.4, -0.2) is 48.6 Å². The van der Waals surface area contributed by atoms with Crippen LogP contribution in [0.4, 0.5) is 4.79 Å². The number of alkyl carbamates (subject to hydrolysis) is 1. The monoisotopic (exact) mass is 350 g/mol. The summed E-state index contributed by atoms with van der Waals surface area (Å²) in [6.45, 7) is 7.25. The summed E-state index contributed by atoms with van der Waals surface area (Å²) in [7, 11) is 0. The minimum absolute atomic E-state index is 0.163. The van der Waals surface area contributed by atoms with Crippen LogP contribution in [0.1, 0.15) is 47.0 Å². The first-order valence-corrected chi connectivity index (χ1v) is 8.15. The van der Waals surface area contributed by atoms with Crippen LogP contribution in [0.15, 0.2) is 0 Å². The zero-order chi connectivity index (χ0) is 17.9. The number of hydrogen-bond acceptors (Lipinski definition) is 5. The van der Waals surface area contributed by atoms with Crippen molar-refractivity contribution in [3.8, 4) is 0 Å². The highest BCUT2D eigenvalue weighted by atomic mass is 35.5. The van der Waals surface area contributed by atoms with E-state index in [4.69, 9.17) is 21.1 Å². The number of carbonyl (C=O) groups is 3. The van der Waals surface area contributed by atoms with E-state index in [0.29, 0.717) is 25.8 Å². The molecule has 0 aromatic rings. The molecule has 2 N–H and O–H groups in total. The fourth-order valence-corrected chi connectivity index (χ4v) is 1.79. The standard InChI is InChI=1S/C15H27ClN2O5/c1-11(19)18-12(13(20)23-15(2,3)4)7-5-6-9-17-14(21)22-10-8-16/h12H,5-10H2,1-4H3,(H,17,21)(H,18,19)/t12-/m1/s1. The predicted octanol–water partition coefficient (Wildman–Crippen LogP) is 1.97. The van der Waals surface area contributed by atoms with Crippen LogP contribution in [0.2, 0.25) is 0 Å². The number of ether oxygens (including phenoxy) is 2. The minimum Gasteiger partial charge on any atom is -0.458 e. The first kappa shape index (κ1) is 21.5. The molecule has 1 atom stereocenters. The van der Waals surface area contributed by atoms with E-state index in [1.54, 1.807) is 20.8 Å². The second kappa shape index (κ2) is 11.1. The van der Waals surface area contributed by atoms with Crippen LogP contribution in [0.5, 0.6) is 0 Å². The van der Waals surface area contributed by atoms with Crippen LogP contribution in [0, 0.1) is 0 Å². The number of halogens is 1. The third kappa shape index (κ3) is 12.7. The van der Waals surface area contributed by atoms with E-state index >= 15 is 0 Å². The Labute approximate surface area is 142 Å². The molecule has 0 unspecified atom stereocenters. The van der Waals surface area contributed by atoms with Crippen molar-refractivity contribution in [1.29, 1.82) is 0 Å². The van der Waals surface area contributed by atoms with E-state index in [9.17, 15) is 14.4 Å². The van der Waals surface area contributed by atoms with Gasteiger partial charge in [0.15, 0.2) is 0 Å². The Bertz CT molecular complexity index is 396. The molecule has 0 radical (unpaired) electrons. The van der Waals surface area contributed by atoms with E-state index in [0.717, 1.165) is 0 Å². The van der Waals surface area contributed by atoms with Gasteiger partial charge >= 0.3 is 12.1 Å². The van der Waals surface area contributed by atoms with Crippen molar-refractivity contribution in [2.75, 3.05) is 19.0 Å². The molecule has 0 aliphatic rings. The lowest BCUT2D eigenvalue weighted by atomic mass is 10.1. The second-order valence-corrected chi connectivity index (χ2v) is 6.41. The summed E-state index contributed by atoms with van der Waals surface area (Å²) in [5, 5.41) is 5.17. The van der Waals surface area contributed by atoms with Crippen LogP contribution in [0.3, 0.4) is 0 Å². The average molecular weight is 351 g/mol. The summed E-state index contributed by atoms with van der Waals surface area (Å²) < 4.78 is 10.0. The number of rotatable bonds is 9. The lowest BCUT2D eigenvalue weighted by Crippen LogP contribution is -2.43. The Hall–Kier alpha value is -1.50. The molecule has 8 heteroatoms. The van der Waals surface area contributed by atoms with Gasteiger partial charge in [-0.05, 0) is 40.0 Å². The molecular formula is C15H27ClN2O5. The van der Waals surface area contributed by atoms with Crippen molar-refractivity contribution < 1.29 is 23.9 Å². The van der Waals surface area contributed by atoms with Gasteiger partial charge < -0.3 is 20.1 Å². The van der Waals surface area contributed by atoms with Crippen LogP contribution >= 0.6 is 11.6 Å². The number of esters is 1. The summed E-state index contributed by atoms with van der Waals surface area (Å²) in [4.78, 5) is 34.4. The van der Waals surface area contributed by atoms with Gasteiger partial charge in [0.05, 0.1) is 5.88 Å². The highest BCUT2D eigenvalue weighted by Gasteiger charge is 2.25. The Kier molecular flexibility index (Phi) is 10.4. The molecule has 2 amide bonds. The third-order valence-corrected chi connectivity index (χ3v) is 2.72. The Morgan fingerprint density at radius 2 is 1.83 bits per heavy atom. The van der Waals surface area contributed by atoms with Crippen LogP contribution < -0.4 is 10.6 Å². The van der Waals surface area contributed by atoms with Crippen molar-refractivity contribution >= 4 is 29.6 Å². The molecule has 0 aliphatic carbocycles. The Balaban J connectivity index is 4.13. The zero-order valence-electron chi connectivity index (χ0n) is 14.2. The molecule has 0 rings (SSSR count). The van der Waals surface area contributed by atoms with Crippen LogP contribution in [-0.2, 0) is 19.1 Å². The molecule has 0 fully saturated rings. The van der Waals surface area contributed by atoms with Crippen LogP contribution in [0.25, 0.3) is 0 Å².